The first-order valence-corrected chi connectivity index (χ1v) is 6.95. The molecule has 0 saturated heterocycles. The second kappa shape index (κ2) is 5.70. The lowest BCUT2D eigenvalue weighted by molar-refractivity contribution is 0.571. The van der Waals surface area contributed by atoms with Crippen LogP contribution in [-0.4, -0.2) is 12.6 Å². The monoisotopic (exact) mass is 250 g/mol. The number of para-hydroxylation sites is 1. The minimum Gasteiger partial charge on any atom is -0.366 e. The van der Waals surface area contributed by atoms with Crippen molar-refractivity contribution >= 4 is 5.69 Å². The van der Waals surface area contributed by atoms with Crippen LogP contribution in [0.3, 0.4) is 0 Å². The maximum Gasteiger partial charge on any atom is 0.146 e. The van der Waals surface area contributed by atoms with Gasteiger partial charge in [-0.25, -0.2) is 4.39 Å². The molecule has 0 aliphatic heterocycles. The van der Waals surface area contributed by atoms with Gasteiger partial charge in [-0.15, -0.1) is 0 Å². The standard InChI is InChI=1S/C15H23FN2/c1-3-18(12-7-4-5-8-12)15-13(11(2)17)9-6-10-14(15)16/h6,9-12H,3-5,7-8,17H2,1-2H3/t11-/m1/s1. The molecule has 0 heterocycles. The van der Waals surface area contributed by atoms with Crippen LogP contribution in [-0.2, 0) is 0 Å². The van der Waals surface area contributed by atoms with Gasteiger partial charge < -0.3 is 10.6 Å². The zero-order valence-corrected chi connectivity index (χ0v) is 11.3. The molecule has 1 atom stereocenters. The van der Waals surface area contributed by atoms with Gasteiger partial charge in [0.25, 0.3) is 0 Å². The van der Waals surface area contributed by atoms with E-state index in [9.17, 15) is 4.39 Å². The Morgan fingerprint density at radius 1 is 1.39 bits per heavy atom. The third-order valence-electron chi connectivity index (χ3n) is 3.90. The molecule has 0 amide bonds. The average Bonchev–Trinajstić information content (AvgIpc) is 2.85. The maximum absolute atomic E-state index is 14.2. The zero-order valence-electron chi connectivity index (χ0n) is 11.3. The first kappa shape index (κ1) is 13.3. The molecule has 0 unspecified atom stereocenters. The first-order valence-electron chi connectivity index (χ1n) is 6.95. The molecule has 3 heteroatoms. The summed E-state index contributed by atoms with van der Waals surface area (Å²) >= 11 is 0. The fourth-order valence-electron chi connectivity index (χ4n) is 3.02. The molecule has 1 fully saturated rings. The van der Waals surface area contributed by atoms with E-state index in [0.717, 1.165) is 17.8 Å². The van der Waals surface area contributed by atoms with Crippen molar-refractivity contribution in [1.29, 1.82) is 0 Å². The Morgan fingerprint density at radius 3 is 2.61 bits per heavy atom. The summed E-state index contributed by atoms with van der Waals surface area (Å²) in [7, 11) is 0. The van der Waals surface area contributed by atoms with Crippen LogP contribution in [0.5, 0.6) is 0 Å². The summed E-state index contributed by atoms with van der Waals surface area (Å²) in [5.41, 5.74) is 7.63. The number of benzene rings is 1. The molecule has 18 heavy (non-hydrogen) atoms. The third kappa shape index (κ3) is 2.51. The molecule has 2 N–H and O–H groups in total. The largest absolute Gasteiger partial charge is 0.366 e. The van der Waals surface area contributed by atoms with Crippen LogP contribution in [0.1, 0.15) is 51.1 Å². The van der Waals surface area contributed by atoms with Crippen LogP contribution in [0, 0.1) is 5.82 Å². The van der Waals surface area contributed by atoms with E-state index in [4.69, 9.17) is 5.73 Å². The summed E-state index contributed by atoms with van der Waals surface area (Å²) in [6, 6.07) is 5.58. The number of rotatable bonds is 4. The van der Waals surface area contributed by atoms with Crippen molar-refractivity contribution < 1.29 is 4.39 Å². The SMILES string of the molecule is CCN(c1c(F)cccc1[C@@H](C)N)C1CCCC1. The van der Waals surface area contributed by atoms with Crippen molar-refractivity contribution in [3.8, 4) is 0 Å². The summed E-state index contributed by atoms with van der Waals surface area (Å²) in [5.74, 6) is -0.140. The highest BCUT2D eigenvalue weighted by Gasteiger charge is 2.26. The van der Waals surface area contributed by atoms with Crippen molar-refractivity contribution in [1.82, 2.24) is 0 Å². The number of nitrogens with zero attached hydrogens (tertiary/aromatic N) is 1. The summed E-state index contributed by atoms with van der Waals surface area (Å²) in [4.78, 5) is 2.21. The van der Waals surface area contributed by atoms with Gasteiger partial charge in [0, 0.05) is 18.6 Å². The normalized spacial score (nSPS) is 18.0. The van der Waals surface area contributed by atoms with Crippen LogP contribution < -0.4 is 10.6 Å². The van der Waals surface area contributed by atoms with E-state index in [1.807, 2.05) is 13.0 Å². The molecule has 2 rings (SSSR count). The molecule has 1 aromatic carbocycles. The van der Waals surface area contributed by atoms with Crippen molar-refractivity contribution in [2.75, 3.05) is 11.4 Å². The van der Waals surface area contributed by atoms with Crippen LogP contribution in [0.15, 0.2) is 18.2 Å². The fourth-order valence-corrected chi connectivity index (χ4v) is 3.02. The summed E-state index contributed by atoms with van der Waals surface area (Å²) in [6.45, 7) is 4.85. The van der Waals surface area contributed by atoms with Gasteiger partial charge in [0.05, 0.1) is 5.69 Å². The van der Waals surface area contributed by atoms with Gasteiger partial charge in [0.15, 0.2) is 0 Å². The lowest BCUT2D eigenvalue weighted by Crippen LogP contribution is -2.35. The van der Waals surface area contributed by atoms with E-state index >= 15 is 0 Å². The molecule has 1 aliphatic rings. The highest BCUT2D eigenvalue weighted by molar-refractivity contribution is 5.57. The van der Waals surface area contributed by atoms with E-state index in [2.05, 4.69) is 11.8 Å². The molecule has 1 aliphatic carbocycles. The lowest BCUT2D eigenvalue weighted by Gasteiger charge is -2.32. The van der Waals surface area contributed by atoms with Gasteiger partial charge in [-0.1, -0.05) is 25.0 Å². The van der Waals surface area contributed by atoms with E-state index < -0.39 is 0 Å². The molecule has 0 spiro atoms. The van der Waals surface area contributed by atoms with Gasteiger partial charge in [0.1, 0.15) is 5.82 Å². The smallest absolute Gasteiger partial charge is 0.146 e. The topological polar surface area (TPSA) is 29.3 Å². The quantitative estimate of drug-likeness (QED) is 0.884. The molecule has 100 valence electrons. The minimum atomic E-state index is -0.140. The van der Waals surface area contributed by atoms with Crippen molar-refractivity contribution in [2.45, 2.75) is 51.6 Å². The first-order chi connectivity index (χ1) is 8.65. The number of hydrogen-bond donors (Lipinski definition) is 1. The zero-order chi connectivity index (χ0) is 13.1. The Bertz CT molecular complexity index is 397. The van der Waals surface area contributed by atoms with E-state index in [1.54, 1.807) is 12.1 Å². The van der Waals surface area contributed by atoms with Crippen LogP contribution in [0.2, 0.25) is 0 Å². The van der Waals surface area contributed by atoms with E-state index in [1.165, 1.54) is 25.7 Å². The van der Waals surface area contributed by atoms with Gasteiger partial charge in [-0.3, -0.25) is 0 Å². The van der Waals surface area contributed by atoms with Gasteiger partial charge in [0.2, 0.25) is 0 Å². The number of hydrogen-bond acceptors (Lipinski definition) is 2. The lowest BCUT2D eigenvalue weighted by atomic mass is 10.0. The molecular formula is C15H23FN2. The molecule has 2 nitrogen and oxygen atoms in total. The van der Waals surface area contributed by atoms with Crippen molar-refractivity contribution in [2.24, 2.45) is 5.73 Å². The summed E-state index contributed by atoms with van der Waals surface area (Å²) in [6.07, 6.45) is 4.84. The Labute approximate surface area is 109 Å². The minimum absolute atomic E-state index is 0.133. The molecule has 0 radical (unpaired) electrons. The predicted molar refractivity (Wildman–Crippen MR) is 74.3 cm³/mol. The van der Waals surface area contributed by atoms with Crippen molar-refractivity contribution in [3.05, 3.63) is 29.6 Å². The Balaban J connectivity index is 2.40. The van der Waals surface area contributed by atoms with Crippen LogP contribution >= 0.6 is 0 Å². The maximum atomic E-state index is 14.2. The summed E-state index contributed by atoms with van der Waals surface area (Å²) < 4.78 is 14.2. The number of anilines is 1. The van der Waals surface area contributed by atoms with E-state index in [0.29, 0.717) is 6.04 Å². The Morgan fingerprint density at radius 2 is 2.06 bits per heavy atom. The van der Waals surface area contributed by atoms with Crippen LogP contribution in [0.25, 0.3) is 0 Å². The van der Waals surface area contributed by atoms with Gasteiger partial charge in [-0.05, 0) is 38.3 Å². The predicted octanol–water partition coefficient (Wildman–Crippen LogP) is 3.61. The molecule has 1 aromatic rings. The second-order valence-corrected chi connectivity index (χ2v) is 5.19. The fraction of sp³-hybridized carbons (Fsp3) is 0.600. The Hall–Kier alpha value is -1.09. The van der Waals surface area contributed by atoms with Crippen LogP contribution in [0.4, 0.5) is 10.1 Å². The summed E-state index contributed by atoms with van der Waals surface area (Å²) in [5, 5.41) is 0. The average molecular weight is 250 g/mol. The highest BCUT2D eigenvalue weighted by atomic mass is 19.1. The highest BCUT2D eigenvalue weighted by Crippen LogP contribution is 2.34. The Kier molecular flexibility index (Phi) is 4.23. The number of halogens is 1. The molecule has 0 aromatic heterocycles. The van der Waals surface area contributed by atoms with E-state index in [-0.39, 0.29) is 11.9 Å². The number of nitrogens with two attached hydrogens (primary N) is 1. The van der Waals surface area contributed by atoms with Crippen molar-refractivity contribution in [3.63, 3.8) is 0 Å². The molecule has 0 bridgehead atoms. The second-order valence-electron chi connectivity index (χ2n) is 5.19. The third-order valence-corrected chi connectivity index (χ3v) is 3.90. The van der Waals surface area contributed by atoms with Gasteiger partial charge in [-0.2, -0.15) is 0 Å². The molecule has 1 saturated carbocycles. The van der Waals surface area contributed by atoms with Gasteiger partial charge >= 0.3 is 0 Å². The molecular weight excluding hydrogens is 227 g/mol.